The number of amides is 1. The van der Waals surface area contributed by atoms with E-state index in [0.29, 0.717) is 18.7 Å². The fourth-order valence-electron chi connectivity index (χ4n) is 2.03. The van der Waals surface area contributed by atoms with Crippen molar-refractivity contribution in [1.82, 2.24) is 5.32 Å². The second-order valence-electron chi connectivity index (χ2n) is 4.81. The molecule has 3 N–H and O–H groups in total. The molecule has 1 atom stereocenters. The maximum atomic E-state index is 11.9. The highest BCUT2D eigenvalue weighted by molar-refractivity contribution is 5.91. The molecule has 1 heterocycles. The van der Waals surface area contributed by atoms with Crippen molar-refractivity contribution in [2.75, 3.05) is 13.7 Å². The lowest BCUT2D eigenvalue weighted by Crippen LogP contribution is -2.25. The summed E-state index contributed by atoms with van der Waals surface area (Å²) in [4.78, 5) is 11.9. The monoisotopic (exact) mass is 288 g/mol. The van der Waals surface area contributed by atoms with E-state index in [1.807, 2.05) is 31.2 Å². The highest BCUT2D eigenvalue weighted by atomic mass is 16.5. The minimum absolute atomic E-state index is 0.222. The van der Waals surface area contributed by atoms with Crippen LogP contribution >= 0.6 is 0 Å². The molecule has 1 aromatic carbocycles. The normalized spacial score (nSPS) is 12.0. The number of para-hydroxylation sites is 1. The summed E-state index contributed by atoms with van der Waals surface area (Å²) in [5, 5.41) is 2.82. The molecule has 0 saturated heterocycles. The molecule has 5 heteroatoms. The van der Waals surface area contributed by atoms with Crippen LogP contribution in [0.3, 0.4) is 0 Å². The SMILES string of the molecule is COc1ccccc1CCNC(=O)c1ccc(C(C)N)o1. The lowest BCUT2D eigenvalue weighted by Gasteiger charge is -2.08. The van der Waals surface area contributed by atoms with Crippen LogP contribution in [0.5, 0.6) is 5.75 Å². The molecule has 2 rings (SSSR count). The largest absolute Gasteiger partial charge is 0.496 e. The highest BCUT2D eigenvalue weighted by Crippen LogP contribution is 2.17. The standard InChI is InChI=1S/C16H20N2O3/c1-11(17)13-7-8-15(21-13)16(19)18-10-9-12-5-3-4-6-14(12)20-2/h3-8,11H,9-10,17H2,1-2H3,(H,18,19). The molecule has 0 bridgehead atoms. The minimum Gasteiger partial charge on any atom is -0.496 e. The summed E-state index contributed by atoms with van der Waals surface area (Å²) in [5.41, 5.74) is 6.75. The fraction of sp³-hybridized carbons (Fsp3) is 0.312. The molecule has 2 aromatic rings. The van der Waals surface area contributed by atoms with Crippen molar-refractivity contribution in [2.45, 2.75) is 19.4 Å². The van der Waals surface area contributed by atoms with Crippen LogP contribution in [0.15, 0.2) is 40.8 Å². The zero-order valence-electron chi connectivity index (χ0n) is 12.3. The van der Waals surface area contributed by atoms with Gasteiger partial charge in [0, 0.05) is 6.54 Å². The van der Waals surface area contributed by atoms with Crippen molar-refractivity contribution >= 4 is 5.91 Å². The Morgan fingerprint density at radius 3 is 2.76 bits per heavy atom. The Labute approximate surface area is 124 Å². The number of carbonyl (C=O) groups excluding carboxylic acids is 1. The number of nitrogens with one attached hydrogen (secondary N) is 1. The number of ether oxygens (including phenoxy) is 1. The number of rotatable bonds is 6. The molecule has 0 aliphatic carbocycles. The van der Waals surface area contributed by atoms with Crippen LogP contribution in [0.2, 0.25) is 0 Å². The Morgan fingerprint density at radius 2 is 2.10 bits per heavy atom. The van der Waals surface area contributed by atoms with Gasteiger partial charge in [-0.25, -0.2) is 0 Å². The van der Waals surface area contributed by atoms with Gasteiger partial charge >= 0.3 is 0 Å². The third-order valence-electron chi connectivity index (χ3n) is 3.17. The van der Waals surface area contributed by atoms with Gasteiger partial charge in [-0.15, -0.1) is 0 Å². The zero-order chi connectivity index (χ0) is 15.2. The van der Waals surface area contributed by atoms with Gasteiger partial charge in [0.15, 0.2) is 5.76 Å². The van der Waals surface area contributed by atoms with Crippen LogP contribution < -0.4 is 15.8 Å². The summed E-state index contributed by atoms with van der Waals surface area (Å²) in [6.45, 7) is 2.32. The predicted molar refractivity (Wildman–Crippen MR) is 80.3 cm³/mol. The average molecular weight is 288 g/mol. The number of benzene rings is 1. The first-order valence-electron chi connectivity index (χ1n) is 6.87. The summed E-state index contributed by atoms with van der Waals surface area (Å²) >= 11 is 0. The van der Waals surface area contributed by atoms with Crippen LogP contribution in [0.25, 0.3) is 0 Å². The molecule has 0 aliphatic heterocycles. The molecule has 5 nitrogen and oxygen atoms in total. The number of furan rings is 1. The summed E-state index contributed by atoms with van der Waals surface area (Å²) < 4.78 is 10.7. The topological polar surface area (TPSA) is 77.5 Å². The molecule has 21 heavy (non-hydrogen) atoms. The first-order valence-corrected chi connectivity index (χ1v) is 6.87. The fourth-order valence-corrected chi connectivity index (χ4v) is 2.03. The molecule has 1 aromatic heterocycles. The van der Waals surface area contributed by atoms with Crippen LogP contribution in [-0.2, 0) is 6.42 Å². The molecular formula is C16H20N2O3. The van der Waals surface area contributed by atoms with Crippen molar-refractivity contribution < 1.29 is 13.9 Å². The van der Waals surface area contributed by atoms with Gasteiger partial charge in [0.1, 0.15) is 11.5 Å². The Bertz CT molecular complexity index is 605. The van der Waals surface area contributed by atoms with E-state index >= 15 is 0 Å². The number of nitrogens with two attached hydrogens (primary N) is 1. The van der Waals surface area contributed by atoms with Gasteiger partial charge in [-0.3, -0.25) is 4.79 Å². The molecule has 1 amide bonds. The highest BCUT2D eigenvalue weighted by Gasteiger charge is 2.12. The van der Waals surface area contributed by atoms with Gasteiger partial charge in [0.2, 0.25) is 0 Å². The van der Waals surface area contributed by atoms with E-state index in [1.165, 1.54) is 0 Å². The Kier molecular flexibility index (Phi) is 5.00. The van der Waals surface area contributed by atoms with E-state index in [-0.39, 0.29) is 17.7 Å². The van der Waals surface area contributed by atoms with E-state index in [2.05, 4.69) is 5.32 Å². The van der Waals surface area contributed by atoms with E-state index in [9.17, 15) is 4.79 Å². The molecule has 0 spiro atoms. The lowest BCUT2D eigenvalue weighted by atomic mass is 10.1. The van der Waals surface area contributed by atoms with Crippen LogP contribution in [0.1, 0.15) is 34.8 Å². The third kappa shape index (κ3) is 3.86. The molecule has 0 fully saturated rings. The van der Waals surface area contributed by atoms with Gasteiger partial charge < -0.3 is 20.2 Å². The van der Waals surface area contributed by atoms with E-state index in [1.54, 1.807) is 19.2 Å². The summed E-state index contributed by atoms with van der Waals surface area (Å²) in [6.07, 6.45) is 0.691. The summed E-state index contributed by atoms with van der Waals surface area (Å²) in [7, 11) is 1.63. The third-order valence-corrected chi connectivity index (χ3v) is 3.17. The number of methoxy groups -OCH3 is 1. The number of hydrogen-bond acceptors (Lipinski definition) is 4. The number of carbonyl (C=O) groups is 1. The molecule has 0 aliphatic rings. The maximum Gasteiger partial charge on any atom is 0.287 e. The van der Waals surface area contributed by atoms with Crippen LogP contribution in [0.4, 0.5) is 0 Å². The number of hydrogen-bond donors (Lipinski definition) is 2. The van der Waals surface area contributed by atoms with Gasteiger partial charge in [0.25, 0.3) is 5.91 Å². The maximum absolute atomic E-state index is 11.9. The van der Waals surface area contributed by atoms with Gasteiger partial charge in [0.05, 0.1) is 13.2 Å². The van der Waals surface area contributed by atoms with Crippen molar-refractivity contribution in [3.8, 4) is 5.75 Å². The van der Waals surface area contributed by atoms with Crippen molar-refractivity contribution in [2.24, 2.45) is 5.73 Å². The molecule has 0 saturated carbocycles. The van der Waals surface area contributed by atoms with Gasteiger partial charge in [-0.1, -0.05) is 18.2 Å². The second-order valence-corrected chi connectivity index (χ2v) is 4.81. The molecule has 0 radical (unpaired) electrons. The van der Waals surface area contributed by atoms with Crippen LogP contribution in [-0.4, -0.2) is 19.6 Å². The van der Waals surface area contributed by atoms with Crippen molar-refractivity contribution in [3.05, 3.63) is 53.5 Å². The van der Waals surface area contributed by atoms with E-state index in [0.717, 1.165) is 11.3 Å². The van der Waals surface area contributed by atoms with Crippen molar-refractivity contribution in [3.63, 3.8) is 0 Å². The Morgan fingerprint density at radius 1 is 1.33 bits per heavy atom. The van der Waals surface area contributed by atoms with E-state index in [4.69, 9.17) is 14.9 Å². The lowest BCUT2D eigenvalue weighted by molar-refractivity contribution is 0.0924. The first-order chi connectivity index (χ1) is 10.1. The van der Waals surface area contributed by atoms with Gasteiger partial charge in [-0.2, -0.15) is 0 Å². The van der Waals surface area contributed by atoms with Crippen molar-refractivity contribution in [1.29, 1.82) is 0 Å². The Hall–Kier alpha value is -2.27. The van der Waals surface area contributed by atoms with Gasteiger partial charge in [-0.05, 0) is 37.1 Å². The van der Waals surface area contributed by atoms with E-state index < -0.39 is 0 Å². The zero-order valence-corrected chi connectivity index (χ0v) is 12.3. The quantitative estimate of drug-likeness (QED) is 0.855. The minimum atomic E-state index is -0.239. The van der Waals surface area contributed by atoms with Crippen LogP contribution in [0, 0.1) is 0 Å². The summed E-state index contributed by atoms with van der Waals surface area (Å²) in [6, 6.07) is 10.9. The molecular weight excluding hydrogens is 268 g/mol. The molecule has 1 unspecified atom stereocenters. The molecule has 112 valence electrons. The summed E-state index contributed by atoms with van der Waals surface area (Å²) in [5.74, 6) is 1.47. The second kappa shape index (κ2) is 6.95. The first kappa shape index (κ1) is 15.1. The average Bonchev–Trinajstić information content (AvgIpc) is 2.98. The Balaban J connectivity index is 1.89. The smallest absolute Gasteiger partial charge is 0.287 e. The predicted octanol–water partition coefficient (Wildman–Crippen LogP) is 2.28.